The average Bonchev–Trinajstić information content (AvgIpc) is 2.78. The van der Waals surface area contributed by atoms with Crippen molar-refractivity contribution in [2.75, 3.05) is 23.5 Å². The number of allylic oxidation sites excluding steroid dienone is 1. The van der Waals surface area contributed by atoms with Crippen molar-refractivity contribution in [2.24, 2.45) is 0 Å². The van der Waals surface area contributed by atoms with Gasteiger partial charge in [-0.25, -0.2) is 9.69 Å². The van der Waals surface area contributed by atoms with Gasteiger partial charge in [0.15, 0.2) is 0 Å². The predicted octanol–water partition coefficient (Wildman–Crippen LogP) is 5.08. The normalized spacial score (nSPS) is 18.4. The number of nitrogens with zero attached hydrogens (tertiary/aromatic N) is 2. The van der Waals surface area contributed by atoms with Gasteiger partial charge in [0, 0.05) is 29.4 Å². The van der Waals surface area contributed by atoms with Gasteiger partial charge in [-0.1, -0.05) is 25.1 Å². The molecule has 7 nitrogen and oxygen atoms in total. The van der Waals surface area contributed by atoms with Gasteiger partial charge in [0.25, 0.3) is 11.8 Å². The number of barbiturate groups is 1. The SMILES string of the molecule is CCCN1c2cc(OC)c(/C=C3/C(=O)NC(=O)N(c4cccc(C)c4)C3=O)cc2C(C)=CC1(C)C. The summed E-state index contributed by atoms with van der Waals surface area (Å²) in [5, 5.41) is 2.29. The highest BCUT2D eigenvalue weighted by Gasteiger charge is 2.37. The first-order valence-corrected chi connectivity index (χ1v) is 11.7. The Morgan fingerprint density at radius 3 is 2.49 bits per heavy atom. The molecule has 0 saturated carbocycles. The molecule has 182 valence electrons. The summed E-state index contributed by atoms with van der Waals surface area (Å²) in [6.45, 7) is 11.3. The van der Waals surface area contributed by atoms with Crippen molar-refractivity contribution in [1.29, 1.82) is 0 Å². The summed E-state index contributed by atoms with van der Waals surface area (Å²) in [7, 11) is 1.57. The summed E-state index contributed by atoms with van der Waals surface area (Å²) < 4.78 is 5.69. The minimum absolute atomic E-state index is 0.132. The van der Waals surface area contributed by atoms with E-state index in [0.29, 0.717) is 17.0 Å². The standard InChI is InChI=1S/C28H31N3O4/c1-7-11-30-23-15-24(35-6)19(13-21(23)18(3)16-28(30,4)5)14-22-25(32)29-27(34)31(26(22)33)20-10-8-9-17(2)12-20/h8-10,12-16H,7,11H2,1-6H3,(H,29,32,34)/b22-14-. The van der Waals surface area contributed by atoms with Crippen LogP contribution in [0.15, 0.2) is 48.0 Å². The first-order chi connectivity index (χ1) is 16.6. The maximum absolute atomic E-state index is 13.4. The van der Waals surface area contributed by atoms with E-state index in [-0.39, 0.29) is 11.1 Å². The summed E-state index contributed by atoms with van der Waals surface area (Å²) in [5.41, 5.74) is 4.76. The van der Waals surface area contributed by atoms with Gasteiger partial charge in [0.1, 0.15) is 11.3 Å². The molecule has 2 aliphatic rings. The number of carbonyl (C=O) groups excluding carboxylic acids is 3. The molecule has 2 aromatic carbocycles. The van der Waals surface area contributed by atoms with Crippen LogP contribution in [-0.2, 0) is 9.59 Å². The van der Waals surface area contributed by atoms with Crippen molar-refractivity contribution < 1.29 is 19.1 Å². The van der Waals surface area contributed by atoms with E-state index in [0.717, 1.165) is 40.3 Å². The largest absolute Gasteiger partial charge is 0.496 e. The summed E-state index contributed by atoms with van der Waals surface area (Å²) in [5.74, 6) is -0.864. The first-order valence-electron chi connectivity index (χ1n) is 11.7. The van der Waals surface area contributed by atoms with E-state index >= 15 is 0 Å². The number of hydrogen-bond donors (Lipinski definition) is 1. The lowest BCUT2D eigenvalue weighted by atomic mass is 9.87. The Balaban J connectivity index is 1.83. The van der Waals surface area contributed by atoms with E-state index in [4.69, 9.17) is 4.74 Å². The number of imide groups is 2. The van der Waals surface area contributed by atoms with E-state index < -0.39 is 17.8 Å². The van der Waals surface area contributed by atoms with Crippen LogP contribution in [0.3, 0.4) is 0 Å². The third-order valence-corrected chi connectivity index (χ3v) is 6.44. The van der Waals surface area contributed by atoms with Crippen molar-refractivity contribution in [1.82, 2.24) is 5.32 Å². The van der Waals surface area contributed by atoms with Crippen LogP contribution in [0.5, 0.6) is 5.75 Å². The van der Waals surface area contributed by atoms with Crippen molar-refractivity contribution in [2.45, 2.75) is 46.6 Å². The van der Waals surface area contributed by atoms with Crippen LogP contribution < -0.4 is 19.9 Å². The van der Waals surface area contributed by atoms with Gasteiger partial charge in [-0.05, 0) is 69.5 Å². The first kappa shape index (κ1) is 24.3. The topological polar surface area (TPSA) is 79.0 Å². The molecule has 7 heteroatoms. The zero-order valence-corrected chi connectivity index (χ0v) is 21.1. The van der Waals surface area contributed by atoms with Crippen LogP contribution >= 0.6 is 0 Å². The van der Waals surface area contributed by atoms with Crippen molar-refractivity contribution in [3.8, 4) is 5.75 Å². The number of urea groups is 1. The van der Waals surface area contributed by atoms with E-state index in [9.17, 15) is 14.4 Å². The van der Waals surface area contributed by atoms with Crippen LogP contribution in [0.4, 0.5) is 16.2 Å². The number of rotatable bonds is 5. The molecule has 2 heterocycles. The molecule has 0 aromatic heterocycles. The van der Waals surface area contributed by atoms with Crippen LogP contribution in [0.25, 0.3) is 11.6 Å². The molecule has 4 rings (SSSR count). The quantitative estimate of drug-likeness (QED) is 0.484. The van der Waals surface area contributed by atoms with E-state index in [2.05, 4.69) is 44.0 Å². The summed E-state index contributed by atoms with van der Waals surface area (Å²) in [4.78, 5) is 42.0. The number of aryl methyl sites for hydroxylation is 1. The second-order valence-electron chi connectivity index (χ2n) is 9.54. The average molecular weight is 474 g/mol. The minimum atomic E-state index is -0.767. The molecule has 1 saturated heterocycles. The Morgan fingerprint density at radius 2 is 1.83 bits per heavy atom. The third-order valence-electron chi connectivity index (χ3n) is 6.44. The highest BCUT2D eigenvalue weighted by atomic mass is 16.5. The van der Waals surface area contributed by atoms with Gasteiger partial charge in [-0.15, -0.1) is 0 Å². The Labute approximate surface area is 206 Å². The number of fused-ring (bicyclic) bond motifs is 1. The Morgan fingerprint density at radius 1 is 1.09 bits per heavy atom. The molecule has 0 bridgehead atoms. The van der Waals surface area contributed by atoms with E-state index in [1.165, 1.54) is 6.08 Å². The fraction of sp³-hybridized carbons (Fsp3) is 0.321. The molecule has 0 atom stereocenters. The van der Waals surface area contributed by atoms with Crippen molar-refractivity contribution in [3.63, 3.8) is 0 Å². The van der Waals surface area contributed by atoms with Crippen LogP contribution in [0, 0.1) is 6.92 Å². The second-order valence-corrected chi connectivity index (χ2v) is 9.54. The Hall–Kier alpha value is -3.87. The van der Waals surface area contributed by atoms with Gasteiger partial charge in [0.2, 0.25) is 0 Å². The molecule has 35 heavy (non-hydrogen) atoms. The molecule has 2 aliphatic heterocycles. The van der Waals surface area contributed by atoms with Gasteiger partial charge >= 0.3 is 6.03 Å². The number of carbonyl (C=O) groups is 3. The molecule has 0 aliphatic carbocycles. The number of nitrogens with one attached hydrogen (secondary N) is 1. The predicted molar refractivity (Wildman–Crippen MR) is 139 cm³/mol. The maximum atomic E-state index is 13.4. The summed E-state index contributed by atoms with van der Waals surface area (Å²) in [6.07, 6.45) is 4.72. The molecule has 1 fully saturated rings. The number of methoxy groups -OCH3 is 1. The minimum Gasteiger partial charge on any atom is -0.496 e. The van der Waals surface area contributed by atoms with Crippen LogP contribution in [0.1, 0.15) is 50.8 Å². The second kappa shape index (κ2) is 9.06. The lowest BCUT2D eigenvalue weighted by molar-refractivity contribution is -0.122. The zero-order chi connectivity index (χ0) is 25.5. The fourth-order valence-electron chi connectivity index (χ4n) is 4.86. The molecule has 1 N–H and O–H groups in total. The zero-order valence-electron chi connectivity index (χ0n) is 21.1. The van der Waals surface area contributed by atoms with Gasteiger partial charge in [-0.3, -0.25) is 14.9 Å². The third kappa shape index (κ3) is 4.34. The molecular formula is C28H31N3O4. The Kier molecular flexibility index (Phi) is 6.28. The van der Waals surface area contributed by atoms with Crippen LogP contribution in [-0.4, -0.2) is 37.0 Å². The van der Waals surface area contributed by atoms with E-state index in [1.54, 1.807) is 25.3 Å². The van der Waals surface area contributed by atoms with Crippen molar-refractivity contribution >= 4 is 40.9 Å². The van der Waals surface area contributed by atoms with Crippen molar-refractivity contribution in [3.05, 3.63) is 64.7 Å². The summed E-state index contributed by atoms with van der Waals surface area (Å²) >= 11 is 0. The molecule has 4 amide bonds. The monoisotopic (exact) mass is 473 g/mol. The van der Waals surface area contributed by atoms with Gasteiger partial charge in [-0.2, -0.15) is 0 Å². The fourth-order valence-corrected chi connectivity index (χ4v) is 4.86. The highest BCUT2D eigenvalue weighted by Crippen LogP contribution is 2.43. The Bertz CT molecular complexity index is 1290. The smallest absolute Gasteiger partial charge is 0.335 e. The number of ether oxygens (including phenoxy) is 1. The lowest BCUT2D eigenvalue weighted by Crippen LogP contribution is -2.54. The maximum Gasteiger partial charge on any atom is 0.335 e. The number of amides is 4. The summed E-state index contributed by atoms with van der Waals surface area (Å²) in [6, 6.07) is 10.2. The number of benzene rings is 2. The lowest BCUT2D eigenvalue weighted by Gasteiger charge is -2.43. The molecule has 2 aromatic rings. The molecular weight excluding hydrogens is 442 g/mol. The number of hydrogen-bond acceptors (Lipinski definition) is 5. The highest BCUT2D eigenvalue weighted by molar-refractivity contribution is 6.39. The molecule has 0 unspecified atom stereocenters. The van der Waals surface area contributed by atoms with Gasteiger partial charge in [0.05, 0.1) is 18.3 Å². The molecule has 0 spiro atoms. The van der Waals surface area contributed by atoms with Gasteiger partial charge < -0.3 is 9.64 Å². The number of anilines is 2. The van der Waals surface area contributed by atoms with Crippen LogP contribution in [0.2, 0.25) is 0 Å². The molecule has 0 radical (unpaired) electrons. The van der Waals surface area contributed by atoms with E-state index in [1.807, 2.05) is 25.1 Å².